The van der Waals surface area contributed by atoms with Crippen LogP contribution in [0.1, 0.15) is 6.92 Å². The van der Waals surface area contributed by atoms with Gasteiger partial charge in [-0.2, -0.15) is 0 Å². The number of nitrogens with two attached hydrogens (primary N) is 1. The van der Waals surface area contributed by atoms with Gasteiger partial charge in [0.2, 0.25) is 0 Å². The summed E-state index contributed by atoms with van der Waals surface area (Å²) in [4.78, 5) is 0. The van der Waals surface area contributed by atoms with Crippen LogP contribution >= 0.6 is 25.3 Å². The molecule has 32 valence electrons. The molecular weight excluding hydrogens is 102 g/mol. The molecule has 0 aliphatic rings. The van der Waals surface area contributed by atoms with Crippen molar-refractivity contribution < 1.29 is 0 Å². The van der Waals surface area contributed by atoms with Crippen molar-refractivity contribution in [3.05, 3.63) is 0 Å². The highest BCUT2D eigenvalue weighted by Gasteiger charge is 1.98. The Morgan fingerprint density at radius 3 is 1.60 bits per heavy atom. The number of hydrogen-bond donors (Lipinski definition) is 3. The van der Waals surface area contributed by atoms with Gasteiger partial charge in [-0.1, -0.05) is 0 Å². The van der Waals surface area contributed by atoms with Gasteiger partial charge in [0.25, 0.3) is 0 Å². The lowest BCUT2D eigenvalue weighted by atomic mass is 10.8. The van der Waals surface area contributed by atoms with Gasteiger partial charge in [-0.05, 0) is 6.92 Å². The van der Waals surface area contributed by atoms with Crippen LogP contribution < -0.4 is 5.73 Å². The molecule has 2 N–H and O–H groups in total. The fourth-order valence-corrected chi connectivity index (χ4v) is 0. The number of hydrogen-bond acceptors (Lipinski definition) is 3. The Balaban J connectivity index is 3.02. The maximum atomic E-state index is 5.08. The maximum Gasteiger partial charge on any atom is 0.100 e. The van der Waals surface area contributed by atoms with Crippen molar-refractivity contribution in [2.75, 3.05) is 0 Å². The Hall–Kier alpha value is 0.660. The zero-order chi connectivity index (χ0) is 4.50. The van der Waals surface area contributed by atoms with Crippen LogP contribution in [0.5, 0.6) is 0 Å². The summed E-state index contributed by atoms with van der Waals surface area (Å²) < 4.78 is -0.611. The molecule has 0 fully saturated rings. The first kappa shape index (κ1) is 5.66. The van der Waals surface area contributed by atoms with Crippen LogP contribution in [0.2, 0.25) is 0 Å². The topological polar surface area (TPSA) is 26.0 Å². The van der Waals surface area contributed by atoms with Crippen LogP contribution in [0.15, 0.2) is 0 Å². The van der Waals surface area contributed by atoms with E-state index in [1.807, 2.05) is 0 Å². The molecule has 0 aliphatic heterocycles. The third kappa shape index (κ3) is 75.7. The SMILES string of the molecule is CC(N)(S)S. The predicted octanol–water partition coefficient (Wildman–Crippen LogP) is 0.478. The van der Waals surface area contributed by atoms with Crippen molar-refractivity contribution in [1.82, 2.24) is 0 Å². The van der Waals surface area contributed by atoms with Gasteiger partial charge in [0.05, 0.1) is 0 Å². The van der Waals surface area contributed by atoms with Crippen molar-refractivity contribution in [1.29, 1.82) is 0 Å². The first-order valence-corrected chi connectivity index (χ1v) is 2.13. The van der Waals surface area contributed by atoms with E-state index in [2.05, 4.69) is 25.3 Å². The van der Waals surface area contributed by atoms with E-state index in [1.165, 1.54) is 0 Å². The average Bonchev–Trinajstić information content (AvgIpc) is 0.722. The summed E-state index contributed by atoms with van der Waals surface area (Å²) in [6.07, 6.45) is 0. The molecule has 0 aromatic heterocycles. The molecule has 0 amide bonds. The minimum absolute atomic E-state index is 0.611. The number of rotatable bonds is 0. The quantitative estimate of drug-likeness (QED) is 0.306. The molecule has 5 heavy (non-hydrogen) atoms. The van der Waals surface area contributed by atoms with Crippen LogP contribution in [-0.2, 0) is 0 Å². The summed E-state index contributed by atoms with van der Waals surface area (Å²) in [5.74, 6) is 0. The molecule has 3 heteroatoms. The largest absolute Gasteiger partial charge is 0.309 e. The monoisotopic (exact) mass is 109 g/mol. The molecule has 0 saturated heterocycles. The normalized spacial score (nSPS) is 12.0. The molecule has 0 aliphatic carbocycles. The second kappa shape index (κ2) is 1.41. The van der Waals surface area contributed by atoms with E-state index in [0.717, 1.165) is 0 Å². The standard InChI is InChI=1S/C2H7NS2/c1-2(3,4)5/h4-5H,3H2,1H3. The number of thiol groups is 2. The molecule has 0 spiro atoms. The van der Waals surface area contributed by atoms with E-state index in [9.17, 15) is 0 Å². The highest BCUT2D eigenvalue weighted by Crippen LogP contribution is 2.06. The minimum Gasteiger partial charge on any atom is -0.309 e. The smallest absolute Gasteiger partial charge is 0.100 e. The lowest BCUT2D eigenvalue weighted by molar-refractivity contribution is 0.987. The highest BCUT2D eigenvalue weighted by atomic mass is 32.2. The van der Waals surface area contributed by atoms with Gasteiger partial charge in [-0.25, -0.2) is 0 Å². The van der Waals surface area contributed by atoms with Gasteiger partial charge in [0.1, 0.15) is 4.20 Å². The molecular formula is C2H7NS2. The molecule has 0 saturated carbocycles. The molecule has 0 rings (SSSR count). The molecule has 1 nitrogen and oxygen atoms in total. The van der Waals surface area contributed by atoms with E-state index in [4.69, 9.17) is 5.73 Å². The molecule has 0 radical (unpaired) electrons. The predicted molar refractivity (Wildman–Crippen MR) is 30.6 cm³/mol. The van der Waals surface area contributed by atoms with Crippen LogP contribution in [0, 0.1) is 0 Å². The lowest BCUT2D eigenvalue weighted by Gasteiger charge is -2.03. The van der Waals surface area contributed by atoms with Crippen LogP contribution in [0.3, 0.4) is 0 Å². The molecule has 0 unspecified atom stereocenters. The summed E-state index contributed by atoms with van der Waals surface area (Å²) in [5.41, 5.74) is 5.08. The summed E-state index contributed by atoms with van der Waals surface area (Å²) in [6.45, 7) is 1.69. The van der Waals surface area contributed by atoms with Gasteiger partial charge in [-0.3, -0.25) is 0 Å². The van der Waals surface area contributed by atoms with Gasteiger partial charge in [-0.15, -0.1) is 25.3 Å². The summed E-state index contributed by atoms with van der Waals surface area (Å²) >= 11 is 7.53. The first-order chi connectivity index (χ1) is 2.00. The third-order valence-electron chi connectivity index (χ3n) is 0. The van der Waals surface area contributed by atoms with Gasteiger partial charge in [0.15, 0.2) is 0 Å². The van der Waals surface area contributed by atoms with Gasteiger partial charge < -0.3 is 5.73 Å². The van der Waals surface area contributed by atoms with E-state index in [0.29, 0.717) is 0 Å². The Kier molecular flexibility index (Phi) is 1.59. The molecule has 0 aromatic carbocycles. The first-order valence-electron chi connectivity index (χ1n) is 1.24. The second-order valence-electron chi connectivity index (χ2n) is 1.09. The second-order valence-corrected chi connectivity index (χ2v) is 3.30. The fourth-order valence-electron chi connectivity index (χ4n) is 0. The highest BCUT2D eigenvalue weighted by molar-refractivity contribution is 8.00. The van der Waals surface area contributed by atoms with Crippen molar-refractivity contribution in [3.63, 3.8) is 0 Å². The van der Waals surface area contributed by atoms with Crippen LogP contribution in [-0.4, -0.2) is 4.20 Å². The molecule has 0 aromatic rings. The van der Waals surface area contributed by atoms with Crippen molar-refractivity contribution >= 4 is 25.3 Å². The van der Waals surface area contributed by atoms with Crippen molar-refractivity contribution in [2.45, 2.75) is 11.1 Å². The zero-order valence-corrected chi connectivity index (χ0v) is 4.76. The minimum atomic E-state index is -0.611. The van der Waals surface area contributed by atoms with E-state index < -0.39 is 4.20 Å². The van der Waals surface area contributed by atoms with Crippen molar-refractivity contribution in [3.8, 4) is 0 Å². The maximum absolute atomic E-state index is 5.08. The van der Waals surface area contributed by atoms with Gasteiger partial charge in [0, 0.05) is 0 Å². The lowest BCUT2D eigenvalue weighted by Crippen LogP contribution is -2.19. The van der Waals surface area contributed by atoms with Crippen LogP contribution in [0.25, 0.3) is 0 Å². The zero-order valence-electron chi connectivity index (χ0n) is 2.97. The summed E-state index contributed by atoms with van der Waals surface area (Å²) in [7, 11) is 0. The third-order valence-corrected chi connectivity index (χ3v) is 0. The molecule has 0 heterocycles. The Morgan fingerprint density at radius 1 is 1.60 bits per heavy atom. The van der Waals surface area contributed by atoms with Crippen LogP contribution in [0.4, 0.5) is 0 Å². The summed E-state index contributed by atoms with van der Waals surface area (Å²) in [5, 5.41) is 0. The van der Waals surface area contributed by atoms with E-state index in [-0.39, 0.29) is 0 Å². The molecule has 0 bridgehead atoms. The molecule has 0 atom stereocenters. The Morgan fingerprint density at radius 2 is 1.60 bits per heavy atom. The van der Waals surface area contributed by atoms with Gasteiger partial charge >= 0.3 is 0 Å². The van der Waals surface area contributed by atoms with E-state index >= 15 is 0 Å². The Labute approximate surface area is 42.8 Å². The average molecular weight is 109 g/mol. The summed E-state index contributed by atoms with van der Waals surface area (Å²) in [6, 6.07) is 0. The Bertz CT molecular complexity index is 23.1. The van der Waals surface area contributed by atoms with Crippen molar-refractivity contribution in [2.24, 2.45) is 5.73 Å². The fraction of sp³-hybridized carbons (Fsp3) is 1.00. The van der Waals surface area contributed by atoms with E-state index in [1.54, 1.807) is 6.92 Å².